The summed E-state index contributed by atoms with van der Waals surface area (Å²) < 4.78 is 24.6. The molecule has 1 saturated heterocycles. The van der Waals surface area contributed by atoms with Crippen molar-refractivity contribution in [3.63, 3.8) is 0 Å². The molecule has 0 spiro atoms. The highest BCUT2D eigenvalue weighted by atomic mass is 19.3. The molecule has 4 heteroatoms. The van der Waals surface area contributed by atoms with E-state index in [-0.39, 0.29) is 5.92 Å². The Kier molecular flexibility index (Phi) is 3.02. The summed E-state index contributed by atoms with van der Waals surface area (Å²) in [7, 11) is 0. The van der Waals surface area contributed by atoms with Gasteiger partial charge in [-0.1, -0.05) is 0 Å². The summed E-state index contributed by atoms with van der Waals surface area (Å²) >= 11 is 0. The van der Waals surface area contributed by atoms with E-state index < -0.39 is 6.43 Å². The van der Waals surface area contributed by atoms with Crippen LogP contribution in [0.2, 0.25) is 0 Å². The van der Waals surface area contributed by atoms with E-state index in [0.29, 0.717) is 24.9 Å². The first-order chi connectivity index (χ1) is 6.68. The third-order valence-corrected chi connectivity index (χ3v) is 3.53. The van der Waals surface area contributed by atoms with E-state index in [9.17, 15) is 8.78 Å². The lowest BCUT2D eigenvalue weighted by Gasteiger charge is -2.47. The molecule has 1 saturated carbocycles. The predicted molar refractivity (Wildman–Crippen MR) is 51.6 cm³/mol. The first kappa shape index (κ1) is 10.3. The Morgan fingerprint density at radius 3 is 2.64 bits per heavy atom. The fraction of sp³-hybridized carbons (Fsp3) is 1.00. The van der Waals surface area contributed by atoms with Crippen LogP contribution in [-0.4, -0.2) is 43.0 Å². The summed E-state index contributed by atoms with van der Waals surface area (Å²) in [5.74, 6) is -0.331. The van der Waals surface area contributed by atoms with Crippen molar-refractivity contribution in [2.24, 2.45) is 5.92 Å². The number of hydrogen-bond donors (Lipinski definition) is 1. The van der Waals surface area contributed by atoms with Gasteiger partial charge in [0.25, 0.3) is 0 Å². The van der Waals surface area contributed by atoms with E-state index in [1.165, 1.54) is 0 Å². The molecule has 2 nitrogen and oxygen atoms in total. The normalized spacial score (nSPS) is 39.9. The summed E-state index contributed by atoms with van der Waals surface area (Å²) in [6.07, 6.45) is -0.714. The van der Waals surface area contributed by atoms with Crippen LogP contribution < -0.4 is 5.32 Å². The van der Waals surface area contributed by atoms with Gasteiger partial charge in [0, 0.05) is 37.6 Å². The molecule has 0 amide bonds. The average molecular weight is 204 g/mol. The molecule has 82 valence electrons. The van der Waals surface area contributed by atoms with Crippen molar-refractivity contribution in [1.29, 1.82) is 0 Å². The lowest BCUT2D eigenvalue weighted by Crippen LogP contribution is -2.57. The number of alkyl halides is 2. The van der Waals surface area contributed by atoms with E-state index in [4.69, 9.17) is 0 Å². The average Bonchev–Trinajstić information content (AvgIpc) is 2.05. The standard InChI is InChI=1S/C10H18F2N2/c1-7-6-13-2-3-14(7)9-4-8(5-9)10(11)12/h7-10,13H,2-6H2,1H3/t7-,8?,9?/m1/s1. The Balaban J connectivity index is 1.80. The van der Waals surface area contributed by atoms with E-state index in [1.807, 2.05) is 0 Å². The van der Waals surface area contributed by atoms with Crippen LogP contribution in [0.3, 0.4) is 0 Å². The van der Waals surface area contributed by atoms with Crippen LogP contribution in [0.4, 0.5) is 8.78 Å². The summed E-state index contributed by atoms with van der Waals surface area (Å²) in [4.78, 5) is 2.38. The van der Waals surface area contributed by atoms with Crippen LogP contribution in [0.1, 0.15) is 19.8 Å². The summed E-state index contributed by atoms with van der Waals surface area (Å²) in [5.41, 5.74) is 0. The predicted octanol–water partition coefficient (Wildman–Crippen LogP) is 1.32. The van der Waals surface area contributed by atoms with Crippen molar-refractivity contribution in [1.82, 2.24) is 10.2 Å². The maximum Gasteiger partial charge on any atom is 0.241 e. The lowest BCUT2D eigenvalue weighted by molar-refractivity contribution is -0.0382. The minimum absolute atomic E-state index is 0.331. The third-order valence-electron chi connectivity index (χ3n) is 3.53. The molecule has 0 aromatic carbocycles. The molecule has 0 aromatic rings. The second-order valence-corrected chi connectivity index (χ2v) is 4.51. The zero-order valence-electron chi connectivity index (χ0n) is 8.55. The summed E-state index contributed by atoms with van der Waals surface area (Å²) in [6.45, 7) is 5.18. The molecule has 2 aliphatic rings. The molecule has 1 N–H and O–H groups in total. The maximum atomic E-state index is 12.3. The van der Waals surface area contributed by atoms with Gasteiger partial charge < -0.3 is 5.32 Å². The second kappa shape index (κ2) is 4.11. The van der Waals surface area contributed by atoms with Crippen molar-refractivity contribution >= 4 is 0 Å². The van der Waals surface area contributed by atoms with E-state index in [0.717, 1.165) is 19.6 Å². The van der Waals surface area contributed by atoms with Gasteiger partial charge in [0.1, 0.15) is 0 Å². The number of piperazine rings is 1. The topological polar surface area (TPSA) is 15.3 Å². The maximum absolute atomic E-state index is 12.3. The molecular weight excluding hydrogens is 186 g/mol. The Bertz CT molecular complexity index is 193. The lowest BCUT2D eigenvalue weighted by atomic mass is 9.79. The Morgan fingerprint density at radius 1 is 1.36 bits per heavy atom. The largest absolute Gasteiger partial charge is 0.314 e. The SMILES string of the molecule is C[C@@H]1CNCCN1C1CC(C(F)F)C1. The molecule has 1 aliphatic carbocycles. The van der Waals surface area contributed by atoms with Gasteiger partial charge in [-0.15, -0.1) is 0 Å². The van der Waals surface area contributed by atoms with Gasteiger partial charge in [-0.05, 0) is 19.8 Å². The first-order valence-corrected chi connectivity index (χ1v) is 5.43. The van der Waals surface area contributed by atoms with Crippen molar-refractivity contribution < 1.29 is 8.78 Å². The molecule has 2 rings (SSSR count). The zero-order chi connectivity index (χ0) is 10.1. The minimum Gasteiger partial charge on any atom is -0.314 e. The molecule has 0 aromatic heterocycles. The van der Waals surface area contributed by atoms with Crippen molar-refractivity contribution in [2.45, 2.75) is 38.3 Å². The van der Waals surface area contributed by atoms with Gasteiger partial charge in [-0.2, -0.15) is 0 Å². The quantitative estimate of drug-likeness (QED) is 0.730. The highest BCUT2D eigenvalue weighted by molar-refractivity contribution is 4.92. The van der Waals surface area contributed by atoms with E-state index in [2.05, 4.69) is 17.1 Å². The molecule has 0 radical (unpaired) electrons. The number of halogens is 2. The van der Waals surface area contributed by atoms with Gasteiger partial charge in [0.05, 0.1) is 0 Å². The highest BCUT2D eigenvalue weighted by Crippen LogP contribution is 2.36. The molecule has 1 heterocycles. The van der Waals surface area contributed by atoms with Gasteiger partial charge in [-0.25, -0.2) is 8.78 Å². The summed E-state index contributed by atoms with van der Waals surface area (Å²) in [6, 6.07) is 0.929. The van der Waals surface area contributed by atoms with Crippen LogP contribution in [0.5, 0.6) is 0 Å². The van der Waals surface area contributed by atoms with E-state index >= 15 is 0 Å². The fourth-order valence-electron chi connectivity index (χ4n) is 2.51. The molecular formula is C10H18F2N2. The van der Waals surface area contributed by atoms with Gasteiger partial charge >= 0.3 is 0 Å². The number of nitrogens with one attached hydrogen (secondary N) is 1. The van der Waals surface area contributed by atoms with Crippen LogP contribution in [0, 0.1) is 5.92 Å². The minimum atomic E-state index is -2.11. The van der Waals surface area contributed by atoms with Crippen LogP contribution >= 0.6 is 0 Å². The Labute approximate surface area is 83.7 Å². The van der Waals surface area contributed by atoms with Crippen molar-refractivity contribution in [3.8, 4) is 0 Å². The van der Waals surface area contributed by atoms with Crippen LogP contribution in [0.15, 0.2) is 0 Å². The molecule has 0 unspecified atom stereocenters. The fourth-order valence-corrected chi connectivity index (χ4v) is 2.51. The monoisotopic (exact) mass is 204 g/mol. The Morgan fingerprint density at radius 2 is 2.07 bits per heavy atom. The number of nitrogens with zero attached hydrogens (tertiary/aromatic N) is 1. The molecule has 1 aliphatic heterocycles. The molecule has 2 fully saturated rings. The Hall–Kier alpha value is -0.220. The van der Waals surface area contributed by atoms with Gasteiger partial charge in [-0.3, -0.25) is 4.90 Å². The highest BCUT2D eigenvalue weighted by Gasteiger charge is 2.40. The first-order valence-electron chi connectivity index (χ1n) is 5.43. The zero-order valence-corrected chi connectivity index (χ0v) is 8.55. The molecule has 14 heavy (non-hydrogen) atoms. The van der Waals surface area contributed by atoms with Crippen molar-refractivity contribution in [2.75, 3.05) is 19.6 Å². The smallest absolute Gasteiger partial charge is 0.241 e. The van der Waals surface area contributed by atoms with Crippen LogP contribution in [-0.2, 0) is 0 Å². The van der Waals surface area contributed by atoms with Crippen molar-refractivity contribution in [3.05, 3.63) is 0 Å². The second-order valence-electron chi connectivity index (χ2n) is 4.51. The van der Waals surface area contributed by atoms with E-state index in [1.54, 1.807) is 0 Å². The van der Waals surface area contributed by atoms with Crippen LogP contribution in [0.25, 0.3) is 0 Å². The number of rotatable bonds is 2. The van der Waals surface area contributed by atoms with Gasteiger partial charge in [0.2, 0.25) is 6.43 Å². The molecule has 1 atom stereocenters. The van der Waals surface area contributed by atoms with Gasteiger partial charge in [0.15, 0.2) is 0 Å². The molecule has 0 bridgehead atoms. The summed E-state index contributed by atoms with van der Waals surface area (Å²) in [5, 5.41) is 3.31. The number of hydrogen-bond acceptors (Lipinski definition) is 2. The third kappa shape index (κ3) is 1.91.